The number of nitro groups is 1. The number of aromatic nitrogens is 1. The second-order valence-electron chi connectivity index (χ2n) is 3.00. The predicted molar refractivity (Wildman–Crippen MR) is 62.0 cm³/mol. The lowest BCUT2D eigenvalue weighted by Gasteiger charge is -2.06. The van der Waals surface area contributed by atoms with Gasteiger partial charge < -0.3 is 16.4 Å². The number of halogens is 1. The van der Waals surface area contributed by atoms with Crippen molar-refractivity contribution in [2.75, 3.05) is 18.4 Å². The largest absolute Gasteiger partial charge is 0.363 e. The number of urea groups is 1. The number of hydrogen-bond donors (Lipinski definition) is 3. The maximum absolute atomic E-state index is 10.7. The minimum Gasteiger partial charge on any atom is -0.363 e. The fourth-order valence-corrected chi connectivity index (χ4v) is 1.22. The van der Waals surface area contributed by atoms with E-state index in [2.05, 4.69) is 15.6 Å². The quantitative estimate of drug-likeness (QED) is 0.408. The fourth-order valence-electron chi connectivity index (χ4n) is 1.07. The molecular weight excluding hydrogens is 250 g/mol. The van der Waals surface area contributed by atoms with Gasteiger partial charge in [-0.15, -0.1) is 0 Å². The summed E-state index contributed by atoms with van der Waals surface area (Å²) in [6.45, 7) is 0.495. The van der Waals surface area contributed by atoms with E-state index in [1.807, 2.05) is 0 Å². The third kappa shape index (κ3) is 4.11. The fraction of sp³-hybridized carbons (Fsp3) is 0.250. The normalized spacial score (nSPS) is 9.71. The molecule has 4 N–H and O–H groups in total. The van der Waals surface area contributed by atoms with Crippen molar-refractivity contribution in [2.45, 2.75) is 0 Å². The van der Waals surface area contributed by atoms with Gasteiger partial charge in [0.05, 0.1) is 9.95 Å². The number of pyridine rings is 1. The molecule has 1 aromatic heterocycles. The van der Waals surface area contributed by atoms with Crippen LogP contribution in [-0.4, -0.2) is 29.0 Å². The number of nitrogens with two attached hydrogens (primary N) is 1. The molecule has 92 valence electrons. The van der Waals surface area contributed by atoms with Gasteiger partial charge >= 0.3 is 11.7 Å². The summed E-state index contributed by atoms with van der Waals surface area (Å²) >= 11 is 5.60. The molecular formula is C8H10ClN5O3. The van der Waals surface area contributed by atoms with E-state index in [4.69, 9.17) is 17.3 Å². The highest BCUT2D eigenvalue weighted by molar-refractivity contribution is 6.30. The Labute approximate surface area is 101 Å². The van der Waals surface area contributed by atoms with Crippen molar-refractivity contribution in [1.29, 1.82) is 0 Å². The first-order valence-electron chi connectivity index (χ1n) is 4.58. The van der Waals surface area contributed by atoms with Gasteiger partial charge in [0.2, 0.25) is 5.82 Å². The van der Waals surface area contributed by atoms with Crippen LogP contribution in [0.3, 0.4) is 0 Å². The molecule has 2 amide bonds. The van der Waals surface area contributed by atoms with Crippen LogP contribution in [0.15, 0.2) is 12.3 Å². The van der Waals surface area contributed by atoms with E-state index in [1.54, 1.807) is 0 Å². The van der Waals surface area contributed by atoms with E-state index in [0.29, 0.717) is 0 Å². The molecule has 0 aromatic carbocycles. The molecule has 0 spiro atoms. The molecule has 1 rings (SSSR count). The molecule has 0 aliphatic heterocycles. The van der Waals surface area contributed by atoms with E-state index < -0.39 is 11.0 Å². The second kappa shape index (κ2) is 5.85. The molecule has 0 saturated carbocycles. The highest BCUT2D eigenvalue weighted by Gasteiger charge is 2.15. The highest BCUT2D eigenvalue weighted by Crippen LogP contribution is 2.24. The van der Waals surface area contributed by atoms with Gasteiger partial charge in [-0.3, -0.25) is 10.1 Å². The zero-order valence-corrected chi connectivity index (χ0v) is 9.40. The Morgan fingerprint density at radius 1 is 1.59 bits per heavy atom. The summed E-state index contributed by atoms with van der Waals surface area (Å²) in [6, 6.07) is 0.531. The molecule has 0 radical (unpaired) electrons. The van der Waals surface area contributed by atoms with Crippen molar-refractivity contribution >= 4 is 29.1 Å². The van der Waals surface area contributed by atoms with Crippen molar-refractivity contribution in [3.63, 3.8) is 0 Å². The number of anilines is 1. The summed E-state index contributed by atoms with van der Waals surface area (Å²) in [7, 11) is 0. The maximum atomic E-state index is 10.7. The Balaban J connectivity index is 2.64. The molecule has 0 fully saturated rings. The van der Waals surface area contributed by atoms with Crippen LogP contribution in [0.1, 0.15) is 0 Å². The maximum Gasteiger partial charge on any atom is 0.312 e. The van der Waals surface area contributed by atoms with Crippen LogP contribution < -0.4 is 16.4 Å². The van der Waals surface area contributed by atoms with E-state index in [-0.39, 0.29) is 29.6 Å². The molecule has 0 saturated heterocycles. The second-order valence-corrected chi connectivity index (χ2v) is 3.43. The van der Waals surface area contributed by atoms with Crippen LogP contribution >= 0.6 is 11.6 Å². The Hall–Kier alpha value is -2.09. The van der Waals surface area contributed by atoms with Gasteiger partial charge in [0.1, 0.15) is 0 Å². The molecule has 0 bridgehead atoms. The summed E-state index contributed by atoms with van der Waals surface area (Å²) in [5.74, 6) is 0.0886. The van der Waals surface area contributed by atoms with Crippen LogP contribution in [0.4, 0.5) is 16.3 Å². The van der Waals surface area contributed by atoms with Crippen LogP contribution in [0.25, 0.3) is 0 Å². The van der Waals surface area contributed by atoms with Gasteiger partial charge in [0.25, 0.3) is 0 Å². The number of primary amides is 1. The summed E-state index contributed by atoms with van der Waals surface area (Å²) in [5.41, 5.74) is 4.63. The van der Waals surface area contributed by atoms with E-state index in [9.17, 15) is 14.9 Å². The Bertz CT molecular complexity index is 439. The summed E-state index contributed by atoms with van der Waals surface area (Å²) < 4.78 is 0. The number of rotatable bonds is 5. The van der Waals surface area contributed by atoms with Crippen molar-refractivity contribution in [2.24, 2.45) is 5.73 Å². The number of carbonyl (C=O) groups is 1. The highest BCUT2D eigenvalue weighted by atomic mass is 35.5. The molecule has 0 unspecified atom stereocenters. The summed E-state index contributed by atoms with van der Waals surface area (Å²) in [4.78, 5) is 24.3. The molecule has 1 aromatic rings. The van der Waals surface area contributed by atoms with Crippen LogP contribution in [-0.2, 0) is 0 Å². The van der Waals surface area contributed by atoms with E-state index in [0.717, 1.165) is 0 Å². The average molecular weight is 260 g/mol. The standard InChI is InChI=1S/C8H10ClN5O3/c9-5-3-6(14(16)17)7(13-4-5)11-1-2-12-8(10)15/h3-4H,1-2H2,(H,11,13)(H3,10,12,15). The Kier molecular flexibility index (Phi) is 4.46. The molecule has 1 heterocycles. The topological polar surface area (TPSA) is 123 Å². The summed E-state index contributed by atoms with van der Waals surface area (Å²) in [6.07, 6.45) is 1.29. The van der Waals surface area contributed by atoms with E-state index >= 15 is 0 Å². The van der Waals surface area contributed by atoms with Gasteiger partial charge in [-0.05, 0) is 0 Å². The van der Waals surface area contributed by atoms with Gasteiger partial charge in [0.15, 0.2) is 0 Å². The molecule has 0 atom stereocenters. The van der Waals surface area contributed by atoms with Gasteiger partial charge in [-0.1, -0.05) is 11.6 Å². The predicted octanol–water partition coefficient (Wildman–Crippen LogP) is 0.723. The first-order chi connectivity index (χ1) is 8.00. The molecule has 17 heavy (non-hydrogen) atoms. The minimum atomic E-state index is -0.662. The lowest BCUT2D eigenvalue weighted by Crippen LogP contribution is -2.33. The van der Waals surface area contributed by atoms with Gasteiger partial charge in [-0.2, -0.15) is 0 Å². The number of amides is 2. The molecule has 0 aliphatic carbocycles. The van der Waals surface area contributed by atoms with Crippen molar-refractivity contribution in [3.05, 3.63) is 27.4 Å². The minimum absolute atomic E-state index is 0.0886. The molecule has 8 nitrogen and oxygen atoms in total. The van der Waals surface area contributed by atoms with Crippen molar-refractivity contribution < 1.29 is 9.72 Å². The molecule has 0 aliphatic rings. The van der Waals surface area contributed by atoms with Crippen molar-refractivity contribution in [1.82, 2.24) is 10.3 Å². The first kappa shape index (κ1) is 13.0. The van der Waals surface area contributed by atoms with Gasteiger partial charge in [-0.25, -0.2) is 9.78 Å². The van der Waals surface area contributed by atoms with E-state index in [1.165, 1.54) is 12.3 Å². The lowest BCUT2D eigenvalue weighted by molar-refractivity contribution is -0.384. The summed E-state index contributed by atoms with van der Waals surface area (Å²) in [5, 5.41) is 15.9. The smallest absolute Gasteiger partial charge is 0.312 e. The van der Waals surface area contributed by atoms with Crippen LogP contribution in [0.5, 0.6) is 0 Å². The van der Waals surface area contributed by atoms with Crippen LogP contribution in [0.2, 0.25) is 5.02 Å². The number of carbonyl (C=O) groups excluding carboxylic acids is 1. The SMILES string of the molecule is NC(=O)NCCNc1ncc(Cl)cc1[N+](=O)[O-]. The van der Waals surface area contributed by atoms with Gasteiger partial charge in [0, 0.05) is 25.4 Å². The number of hydrogen-bond acceptors (Lipinski definition) is 5. The first-order valence-corrected chi connectivity index (χ1v) is 4.95. The average Bonchev–Trinajstić information content (AvgIpc) is 2.25. The monoisotopic (exact) mass is 259 g/mol. The zero-order chi connectivity index (χ0) is 12.8. The third-order valence-electron chi connectivity index (χ3n) is 1.75. The zero-order valence-electron chi connectivity index (χ0n) is 8.64. The Morgan fingerprint density at radius 3 is 2.88 bits per heavy atom. The Morgan fingerprint density at radius 2 is 2.29 bits per heavy atom. The number of nitrogens with one attached hydrogen (secondary N) is 2. The third-order valence-corrected chi connectivity index (χ3v) is 1.95. The lowest BCUT2D eigenvalue weighted by atomic mass is 10.4. The number of nitrogens with zero attached hydrogens (tertiary/aromatic N) is 2. The van der Waals surface area contributed by atoms with Crippen molar-refractivity contribution in [3.8, 4) is 0 Å². The molecule has 9 heteroatoms. The van der Waals surface area contributed by atoms with Crippen LogP contribution in [0, 0.1) is 10.1 Å².